The minimum absolute atomic E-state index is 0.0789. The molecule has 1 aliphatic rings. The maximum atomic E-state index is 13.8. The fourth-order valence-corrected chi connectivity index (χ4v) is 4.34. The van der Waals surface area contributed by atoms with Crippen LogP contribution < -0.4 is 4.90 Å². The van der Waals surface area contributed by atoms with Gasteiger partial charge in [0, 0.05) is 23.6 Å². The predicted molar refractivity (Wildman–Crippen MR) is 124 cm³/mol. The van der Waals surface area contributed by atoms with E-state index in [1.165, 1.54) is 23.2 Å². The summed E-state index contributed by atoms with van der Waals surface area (Å²) in [6, 6.07) is 19.0. The van der Waals surface area contributed by atoms with Crippen molar-refractivity contribution in [3.8, 4) is 0 Å². The summed E-state index contributed by atoms with van der Waals surface area (Å²) in [4.78, 5) is 31.7. The van der Waals surface area contributed by atoms with Gasteiger partial charge in [0.1, 0.15) is 11.6 Å². The number of Topliss-reactive ketones (excluding diaryl/α,β-unsaturated/α-hetero) is 1. The van der Waals surface area contributed by atoms with E-state index in [0.717, 1.165) is 16.8 Å². The Kier molecular flexibility index (Phi) is 5.15. The number of nitrogens with zero attached hydrogens (tertiary/aromatic N) is 2. The highest BCUT2D eigenvalue weighted by atomic mass is 35.5. The molecule has 0 bridgehead atoms. The van der Waals surface area contributed by atoms with Gasteiger partial charge in [0.15, 0.2) is 0 Å². The summed E-state index contributed by atoms with van der Waals surface area (Å²) < 4.78 is 13.8. The fourth-order valence-electron chi connectivity index (χ4n) is 4.16. The molecule has 7 heteroatoms. The first kappa shape index (κ1) is 20.8. The zero-order valence-electron chi connectivity index (χ0n) is 17.1. The number of aliphatic hydroxyl groups excluding tert-OH is 1. The predicted octanol–water partition coefficient (Wildman–Crippen LogP) is 5.65. The zero-order valence-corrected chi connectivity index (χ0v) is 17.8. The van der Waals surface area contributed by atoms with E-state index in [-0.39, 0.29) is 22.0 Å². The van der Waals surface area contributed by atoms with Crippen LogP contribution in [0, 0.1) is 5.82 Å². The second kappa shape index (κ2) is 8.15. The van der Waals surface area contributed by atoms with Crippen molar-refractivity contribution in [2.75, 3.05) is 4.90 Å². The van der Waals surface area contributed by atoms with Gasteiger partial charge in [-0.25, -0.2) is 4.39 Å². The van der Waals surface area contributed by atoms with Crippen LogP contribution in [0.25, 0.3) is 16.5 Å². The maximum absolute atomic E-state index is 13.8. The maximum Gasteiger partial charge on any atom is 0.300 e. The number of aliphatic hydroxyl groups is 1. The van der Waals surface area contributed by atoms with Crippen molar-refractivity contribution < 1.29 is 19.1 Å². The molecule has 1 N–H and O–H groups in total. The molecular formula is C26H16ClFN2O3. The van der Waals surface area contributed by atoms with E-state index in [2.05, 4.69) is 4.98 Å². The van der Waals surface area contributed by atoms with Crippen LogP contribution in [-0.4, -0.2) is 21.8 Å². The van der Waals surface area contributed by atoms with E-state index < -0.39 is 23.5 Å². The normalized spacial score (nSPS) is 17.6. The van der Waals surface area contributed by atoms with Crippen molar-refractivity contribution in [3.63, 3.8) is 0 Å². The number of carbonyl (C=O) groups excluding carboxylic acids is 2. The quantitative estimate of drug-likeness (QED) is 0.244. The molecule has 0 aliphatic carbocycles. The summed E-state index contributed by atoms with van der Waals surface area (Å²) in [6.07, 6.45) is 3.08. The summed E-state index contributed by atoms with van der Waals surface area (Å²) >= 11 is 5.96. The van der Waals surface area contributed by atoms with E-state index in [0.29, 0.717) is 11.1 Å². The number of anilines is 1. The molecule has 1 saturated heterocycles. The lowest BCUT2D eigenvalue weighted by molar-refractivity contribution is -0.132. The third-order valence-electron chi connectivity index (χ3n) is 5.67. The van der Waals surface area contributed by atoms with Crippen LogP contribution >= 0.6 is 11.6 Å². The molecule has 0 spiro atoms. The summed E-state index contributed by atoms with van der Waals surface area (Å²) in [5, 5.41) is 12.8. The van der Waals surface area contributed by atoms with Crippen LogP contribution in [0.4, 0.5) is 10.1 Å². The Hall–Kier alpha value is -4.03. The summed E-state index contributed by atoms with van der Waals surface area (Å²) in [5.74, 6) is -2.65. The van der Waals surface area contributed by atoms with Gasteiger partial charge in [-0.1, -0.05) is 60.1 Å². The number of benzene rings is 3. The molecule has 1 amide bonds. The van der Waals surface area contributed by atoms with Crippen LogP contribution in [0.15, 0.2) is 90.8 Å². The number of hydrogen-bond acceptors (Lipinski definition) is 4. The fraction of sp³-hybridized carbons (Fsp3) is 0.0385. The van der Waals surface area contributed by atoms with Gasteiger partial charge in [-0.2, -0.15) is 0 Å². The van der Waals surface area contributed by atoms with Crippen LogP contribution in [0.5, 0.6) is 0 Å². The molecule has 4 aromatic rings. The third kappa shape index (κ3) is 3.45. The second-order valence-electron chi connectivity index (χ2n) is 7.58. The van der Waals surface area contributed by atoms with Crippen molar-refractivity contribution in [2.45, 2.75) is 6.04 Å². The molecule has 1 aliphatic heterocycles. The zero-order chi connectivity index (χ0) is 23.1. The topological polar surface area (TPSA) is 70.5 Å². The number of fused-ring (bicyclic) bond motifs is 1. The Morgan fingerprint density at radius 1 is 1.00 bits per heavy atom. The third-order valence-corrected chi connectivity index (χ3v) is 5.96. The van der Waals surface area contributed by atoms with Crippen molar-refractivity contribution >= 4 is 45.5 Å². The Labute approximate surface area is 193 Å². The average Bonchev–Trinajstić information content (AvgIpc) is 3.11. The average molecular weight is 459 g/mol. The molecule has 0 radical (unpaired) electrons. The number of halogens is 2. The van der Waals surface area contributed by atoms with E-state index in [1.807, 2.05) is 30.3 Å². The van der Waals surface area contributed by atoms with Gasteiger partial charge in [0.25, 0.3) is 11.7 Å². The van der Waals surface area contributed by atoms with Gasteiger partial charge in [0.2, 0.25) is 0 Å². The Bertz CT molecular complexity index is 1450. The monoisotopic (exact) mass is 458 g/mol. The molecule has 1 aromatic heterocycles. The summed E-state index contributed by atoms with van der Waals surface area (Å²) in [5.41, 5.74) is 1.09. The van der Waals surface area contributed by atoms with Crippen molar-refractivity contribution in [2.24, 2.45) is 0 Å². The molecule has 0 saturated carbocycles. The SMILES string of the molecule is O=C1C(=O)N(c2ccc(F)c(Cl)c2)C(c2cccnc2)/C1=C(/O)c1cccc2ccccc12. The Morgan fingerprint density at radius 2 is 1.79 bits per heavy atom. The van der Waals surface area contributed by atoms with Gasteiger partial charge in [0.05, 0.1) is 16.6 Å². The van der Waals surface area contributed by atoms with Gasteiger partial charge in [-0.3, -0.25) is 19.5 Å². The van der Waals surface area contributed by atoms with Crippen molar-refractivity contribution in [1.82, 2.24) is 4.98 Å². The highest BCUT2D eigenvalue weighted by molar-refractivity contribution is 6.52. The Balaban J connectivity index is 1.77. The van der Waals surface area contributed by atoms with Gasteiger partial charge < -0.3 is 5.11 Å². The van der Waals surface area contributed by atoms with Crippen LogP contribution in [0.1, 0.15) is 17.2 Å². The smallest absolute Gasteiger partial charge is 0.300 e. The molecular weight excluding hydrogens is 443 g/mol. The minimum atomic E-state index is -0.973. The molecule has 1 unspecified atom stereocenters. The molecule has 1 atom stereocenters. The number of amides is 1. The van der Waals surface area contributed by atoms with Crippen molar-refractivity contribution in [1.29, 1.82) is 0 Å². The number of rotatable bonds is 3. The minimum Gasteiger partial charge on any atom is -0.507 e. The van der Waals surface area contributed by atoms with E-state index in [1.54, 1.807) is 30.5 Å². The highest BCUT2D eigenvalue weighted by Gasteiger charge is 2.47. The summed E-state index contributed by atoms with van der Waals surface area (Å²) in [6.45, 7) is 0. The molecule has 33 heavy (non-hydrogen) atoms. The number of pyridine rings is 1. The first-order valence-corrected chi connectivity index (χ1v) is 10.5. The van der Waals surface area contributed by atoms with Crippen LogP contribution in [-0.2, 0) is 9.59 Å². The standard InChI is InChI=1S/C26H16ClFN2O3/c27-20-13-17(10-11-21(20)28)30-23(16-7-4-12-29-14-16)22(25(32)26(30)33)24(31)19-9-3-6-15-5-1-2-8-18(15)19/h1-14,23,31H/b24-22-. The first-order valence-electron chi connectivity index (χ1n) is 10.1. The van der Waals surface area contributed by atoms with Gasteiger partial charge in [-0.05, 0) is 40.6 Å². The number of hydrogen-bond donors (Lipinski definition) is 1. The van der Waals surface area contributed by atoms with E-state index >= 15 is 0 Å². The van der Waals surface area contributed by atoms with Gasteiger partial charge in [-0.15, -0.1) is 0 Å². The largest absolute Gasteiger partial charge is 0.507 e. The first-order chi connectivity index (χ1) is 16.0. The molecule has 162 valence electrons. The van der Waals surface area contributed by atoms with Crippen LogP contribution in [0.2, 0.25) is 5.02 Å². The van der Waals surface area contributed by atoms with E-state index in [4.69, 9.17) is 11.6 Å². The molecule has 5 rings (SSSR count). The van der Waals surface area contributed by atoms with Gasteiger partial charge >= 0.3 is 0 Å². The molecule has 2 heterocycles. The summed E-state index contributed by atoms with van der Waals surface area (Å²) in [7, 11) is 0. The highest BCUT2D eigenvalue weighted by Crippen LogP contribution is 2.43. The second-order valence-corrected chi connectivity index (χ2v) is 7.99. The number of ketones is 1. The lowest BCUT2D eigenvalue weighted by atomic mass is 9.94. The lowest BCUT2D eigenvalue weighted by Crippen LogP contribution is -2.29. The van der Waals surface area contributed by atoms with Crippen molar-refractivity contribution in [3.05, 3.63) is 113 Å². The molecule has 5 nitrogen and oxygen atoms in total. The Morgan fingerprint density at radius 3 is 2.55 bits per heavy atom. The van der Waals surface area contributed by atoms with Crippen LogP contribution in [0.3, 0.4) is 0 Å². The molecule has 1 fully saturated rings. The molecule has 3 aromatic carbocycles. The lowest BCUT2D eigenvalue weighted by Gasteiger charge is -2.25. The number of carbonyl (C=O) groups is 2. The van der Waals surface area contributed by atoms with E-state index in [9.17, 15) is 19.1 Å². The number of aromatic nitrogens is 1.